The van der Waals surface area contributed by atoms with Gasteiger partial charge in [0.25, 0.3) is 10.8 Å². The first-order chi connectivity index (χ1) is 17.4. The van der Waals surface area contributed by atoms with E-state index >= 15 is 0 Å². The molecule has 0 saturated carbocycles. The Balaban J connectivity index is 1.42. The molecular weight excluding hydrogens is 474 g/mol. The Morgan fingerprint density at radius 2 is 1.61 bits per heavy atom. The number of hydrogen-bond acceptors (Lipinski definition) is 6. The fourth-order valence-corrected chi connectivity index (χ4v) is 5.02. The molecule has 2 aromatic carbocycles. The number of aromatic nitrogens is 5. The second kappa shape index (κ2) is 9.50. The minimum Gasteiger partial charge on any atom is -0.411 e. The van der Waals surface area contributed by atoms with E-state index in [0.717, 1.165) is 28.3 Å². The average Bonchev–Trinajstić information content (AvgIpc) is 3.54. The maximum absolute atomic E-state index is 13.5. The van der Waals surface area contributed by atoms with E-state index in [4.69, 9.17) is 4.42 Å². The summed E-state index contributed by atoms with van der Waals surface area (Å²) in [4.78, 5) is 26.7. The highest BCUT2D eigenvalue weighted by Gasteiger charge is 2.24. The van der Waals surface area contributed by atoms with Crippen LogP contribution >= 0.6 is 11.8 Å². The number of nitrogens with zero attached hydrogens (tertiary/aromatic N) is 5. The zero-order chi connectivity index (χ0) is 25.4. The number of benzene rings is 2. The van der Waals surface area contributed by atoms with Gasteiger partial charge in [-0.15, -0.1) is 10.2 Å². The number of para-hydroxylation sites is 1. The van der Waals surface area contributed by atoms with Crippen LogP contribution in [0.3, 0.4) is 0 Å². The minimum atomic E-state index is -0.143. The van der Waals surface area contributed by atoms with Gasteiger partial charge in [-0.3, -0.25) is 14.3 Å². The first-order valence-electron chi connectivity index (χ1n) is 11.4. The van der Waals surface area contributed by atoms with Gasteiger partial charge in [0, 0.05) is 29.6 Å². The van der Waals surface area contributed by atoms with Crippen molar-refractivity contribution in [2.75, 3.05) is 5.75 Å². The van der Waals surface area contributed by atoms with Crippen LogP contribution in [0.1, 0.15) is 27.4 Å². The summed E-state index contributed by atoms with van der Waals surface area (Å²) in [5.74, 6) is 0.483. The van der Waals surface area contributed by atoms with E-state index in [1.54, 1.807) is 4.68 Å². The second-order valence-electron chi connectivity index (χ2n) is 8.48. The number of hydrogen-bond donors (Lipinski definition) is 0. The van der Waals surface area contributed by atoms with Gasteiger partial charge in [0.2, 0.25) is 5.89 Å². The fraction of sp³-hybridized carbons (Fsp3) is 0.185. The van der Waals surface area contributed by atoms with Gasteiger partial charge in [0.15, 0.2) is 5.78 Å². The van der Waals surface area contributed by atoms with Crippen molar-refractivity contribution < 1.29 is 9.21 Å². The molecule has 8 nitrogen and oxygen atoms in total. The van der Waals surface area contributed by atoms with Crippen LogP contribution in [0.2, 0.25) is 0 Å². The molecule has 0 saturated heterocycles. The lowest BCUT2D eigenvalue weighted by molar-refractivity contribution is 0.102. The Bertz CT molecular complexity index is 1610. The summed E-state index contributed by atoms with van der Waals surface area (Å²) in [6.45, 7) is 5.68. The highest BCUT2D eigenvalue weighted by molar-refractivity contribution is 7.99. The van der Waals surface area contributed by atoms with Crippen molar-refractivity contribution in [2.24, 2.45) is 7.05 Å². The lowest BCUT2D eigenvalue weighted by Crippen LogP contribution is -2.22. The molecule has 0 unspecified atom stereocenters. The predicted molar refractivity (Wildman–Crippen MR) is 139 cm³/mol. The second-order valence-corrected chi connectivity index (χ2v) is 9.41. The molecule has 0 fully saturated rings. The summed E-state index contributed by atoms with van der Waals surface area (Å²) >= 11 is 1.20. The fourth-order valence-electron chi connectivity index (χ4n) is 4.37. The number of aryl methyl sites for hydroxylation is 1. The summed E-state index contributed by atoms with van der Waals surface area (Å²) in [5, 5.41) is 8.47. The third-order valence-electron chi connectivity index (χ3n) is 6.23. The predicted octanol–water partition coefficient (Wildman–Crippen LogP) is 4.92. The molecular formula is C27H25N5O3S. The lowest BCUT2D eigenvalue weighted by atomic mass is 10.2. The van der Waals surface area contributed by atoms with Crippen LogP contribution in [0.25, 0.3) is 22.8 Å². The van der Waals surface area contributed by atoms with Crippen molar-refractivity contribution in [3.8, 4) is 22.8 Å². The third kappa shape index (κ3) is 4.11. The SMILES string of the molecule is Cc1cc(C(=O)CSc2nnc(-c3ccccc3)o2)c(C)n1-c1c(C)n(C)n(-c2ccccc2)c1=O. The number of ketones is 1. The molecule has 0 aliphatic carbocycles. The molecule has 0 aliphatic heterocycles. The molecule has 0 amide bonds. The third-order valence-corrected chi connectivity index (χ3v) is 7.05. The minimum absolute atomic E-state index is 0.0734. The van der Waals surface area contributed by atoms with E-state index in [9.17, 15) is 9.59 Å². The smallest absolute Gasteiger partial charge is 0.295 e. The van der Waals surface area contributed by atoms with Gasteiger partial charge in [-0.2, -0.15) is 0 Å². The molecule has 0 spiro atoms. The lowest BCUT2D eigenvalue weighted by Gasteiger charge is -2.08. The maximum atomic E-state index is 13.5. The van der Waals surface area contributed by atoms with Crippen molar-refractivity contribution in [3.63, 3.8) is 0 Å². The summed E-state index contributed by atoms with van der Waals surface area (Å²) < 4.78 is 11.1. The van der Waals surface area contributed by atoms with Crippen molar-refractivity contribution in [1.29, 1.82) is 0 Å². The Morgan fingerprint density at radius 3 is 2.31 bits per heavy atom. The van der Waals surface area contributed by atoms with Gasteiger partial charge < -0.3 is 8.98 Å². The maximum Gasteiger partial charge on any atom is 0.295 e. The number of Topliss-reactive ketones (excluding diaryl/α,β-unsaturated/α-hetero) is 1. The largest absolute Gasteiger partial charge is 0.411 e. The Hall–Kier alpha value is -4.11. The molecule has 182 valence electrons. The van der Waals surface area contributed by atoms with Gasteiger partial charge in [-0.25, -0.2) is 4.68 Å². The molecule has 0 aliphatic rings. The standard InChI is InChI=1S/C27H25N5O3S/c1-17-15-22(23(33)16-36-27-29-28-25(35-27)20-11-7-5-8-12-20)18(2)31(17)24-19(3)30(4)32(26(24)34)21-13-9-6-10-14-21/h5-15H,16H2,1-4H3. The van der Waals surface area contributed by atoms with Crippen LogP contribution < -0.4 is 5.56 Å². The van der Waals surface area contributed by atoms with Gasteiger partial charge in [0.1, 0.15) is 5.69 Å². The summed E-state index contributed by atoms with van der Waals surface area (Å²) in [6.07, 6.45) is 0. The Kier molecular flexibility index (Phi) is 6.24. The first kappa shape index (κ1) is 23.6. The molecule has 0 N–H and O–H groups in total. The van der Waals surface area contributed by atoms with Crippen LogP contribution in [0.4, 0.5) is 0 Å². The van der Waals surface area contributed by atoms with Gasteiger partial charge in [-0.05, 0) is 51.1 Å². The van der Waals surface area contributed by atoms with E-state index < -0.39 is 0 Å². The molecule has 3 aromatic heterocycles. The molecule has 5 aromatic rings. The summed E-state index contributed by atoms with van der Waals surface area (Å²) in [7, 11) is 1.86. The number of thioether (sulfide) groups is 1. The van der Waals surface area contributed by atoms with Crippen molar-refractivity contribution in [3.05, 3.63) is 99.7 Å². The molecule has 0 atom stereocenters. The van der Waals surface area contributed by atoms with Gasteiger partial charge >= 0.3 is 0 Å². The van der Waals surface area contributed by atoms with E-state index in [0.29, 0.717) is 22.4 Å². The monoisotopic (exact) mass is 499 g/mol. The zero-order valence-corrected chi connectivity index (χ0v) is 21.2. The highest BCUT2D eigenvalue weighted by atomic mass is 32.2. The van der Waals surface area contributed by atoms with E-state index in [2.05, 4.69) is 10.2 Å². The average molecular weight is 500 g/mol. The van der Waals surface area contributed by atoms with E-state index in [1.807, 2.05) is 104 Å². The van der Waals surface area contributed by atoms with Crippen LogP contribution in [0.15, 0.2) is 81.2 Å². The van der Waals surface area contributed by atoms with Crippen LogP contribution in [0.5, 0.6) is 0 Å². The Labute approximate surface area is 212 Å². The molecule has 3 heterocycles. The number of carbonyl (C=O) groups excluding carboxylic acids is 1. The zero-order valence-electron chi connectivity index (χ0n) is 20.4. The Morgan fingerprint density at radius 1 is 0.944 bits per heavy atom. The van der Waals surface area contributed by atoms with Gasteiger partial charge in [0.05, 0.1) is 17.1 Å². The topological polar surface area (TPSA) is 87.8 Å². The molecule has 0 bridgehead atoms. The van der Waals surface area contributed by atoms with E-state index in [1.165, 1.54) is 11.8 Å². The van der Waals surface area contributed by atoms with E-state index in [-0.39, 0.29) is 17.1 Å². The molecule has 5 rings (SSSR count). The summed E-state index contributed by atoms with van der Waals surface area (Å²) in [6, 6.07) is 20.8. The summed E-state index contributed by atoms with van der Waals surface area (Å²) in [5.41, 5.74) is 4.91. The van der Waals surface area contributed by atoms with Gasteiger partial charge in [-0.1, -0.05) is 48.2 Å². The van der Waals surface area contributed by atoms with Crippen molar-refractivity contribution in [2.45, 2.75) is 26.0 Å². The van der Waals surface area contributed by atoms with Crippen LogP contribution in [-0.4, -0.2) is 35.7 Å². The number of carbonyl (C=O) groups is 1. The van der Waals surface area contributed by atoms with Crippen molar-refractivity contribution >= 4 is 17.5 Å². The van der Waals surface area contributed by atoms with Crippen LogP contribution in [0, 0.1) is 20.8 Å². The molecule has 0 radical (unpaired) electrons. The van der Waals surface area contributed by atoms with Crippen LogP contribution in [-0.2, 0) is 7.05 Å². The normalized spacial score (nSPS) is 11.2. The number of rotatable bonds is 7. The molecule has 9 heteroatoms. The quantitative estimate of drug-likeness (QED) is 0.233. The molecule has 36 heavy (non-hydrogen) atoms. The highest BCUT2D eigenvalue weighted by Crippen LogP contribution is 2.26. The first-order valence-corrected chi connectivity index (χ1v) is 12.4. The van der Waals surface area contributed by atoms with Crippen molar-refractivity contribution in [1.82, 2.24) is 24.1 Å².